The second-order valence-corrected chi connectivity index (χ2v) is 5.50. The van der Waals surface area contributed by atoms with Crippen molar-refractivity contribution in [3.8, 4) is 0 Å². The highest BCUT2D eigenvalue weighted by atomic mass is 15.2. The molecular weight excluding hydrogens is 220 g/mol. The minimum Gasteiger partial charge on any atom is -0.329 e. The summed E-state index contributed by atoms with van der Waals surface area (Å²) in [6, 6.07) is 9.72. The van der Waals surface area contributed by atoms with Crippen molar-refractivity contribution in [2.75, 3.05) is 13.6 Å². The Labute approximate surface area is 112 Å². The summed E-state index contributed by atoms with van der Waals surface area (Å²) < 4.78 is 0. The summed E-state index contributed by atoms with van der Waals surface area (Å²) in [6.45, 7) is 9.64. The normalized spacial score (nSPS) is 15.1. The predicted octanol–water partition coefficient (Wildman–Crippen LogP) is 3.23. The maximum atomic E-state index is 5.97. The fourth-order valence-electron chi connectivity index (χ4n) is 2.27. The van der Waals surface area contributed by atoms with Crippen LogP contribution >= 0.6 is 0 Å². The van der Waals surface area contributed by atoms with Crippen molar-refractivity contribution >= 4 is 0 Å². The SMILES string of the molecule is CCc1ccc(C(CN)N(C)C(C)C(C)C)cc1. The standard InChI is InChI=1S/C16H28N2/c1-6-14-7-9-15(10-8-14)16(11-17)18(5)13(4)12(2)3/h7-10,12-13,16H,6,11,17H2,1-5H3. The van der Waals surface area contributed by atoms with Crippen molar-refractivity contribution in [3.05, 3.63) is 35.4 Å². The van der Waals surface area contributed by atoms with Gasteiger partial charge in [0.1, 0.15) is 0 Å². The highest BCUT2D eigenvalue weighted by Gasteiger charge is 2.22. The topological polar surface area (TPSA) is 29.3 Å². The summed E-state index contributed by atoms with van der Waals surface area (Å²) in [4.78, 5) is 2.39. The minimum atomic E-state index is 0.313. The summed E-state index contributed by atoms with van der Waals surface area (Å²) in [7, 11) is 2.18. The van der Waals surface area contributed by atoms with Crippen LogP contribution < -0.4 is 5.73 Å². The molecule has 2 N–H and O–H groups in total. The van der Waals surface area contributed by atoms with Crippen molar-refractivity contribution < 1.29 is 0 Å². The summed E-state index contributed by atoms with van der Waals surface area (Å²) in [5.41, 5.74) is 8.68. The van der Waals surface area contributed by atoms with Crippen molar-refractivity contribution in [3.63, 3.8) is 0 Å². The van der Waals surface area contributed by atoms with Crippen LogP contribution in [0.1, 0.15) is 44.9 Å². The number of aryl methyl sites for hydroxylation is 1. The molecule has 0 heterocycles. The Hall–Kier alpha value is -0.860. The molecule has 0 saturated heterocycles. The molecule has 2 unspecified atom stereocenters. The molecule has 1 aromatic rings. The van der Waals surface area contributed by atoms with Gasteiger partial charge in [-0.25, -0.2) is 0 Å². The van der Waals surface area contributed by atoms with E-state index in [4.69, 9.17) is 5.73 Å². The van der Waals surface area contributed by atoms with Crippen molar-refractivity contribution in [2.24, 2.45) is 11.7 Å². The first-order chi connectivity index (χ1) is 8.51. The van der Waals surface area contributed by atoms with Gasteiger partial charge in [0.25, 0.3) is 0 Å². The molecule has 2 nitrogen and oxygen atoms in total. The number of nitrogens with zero attached hydrogens (tertiary/aromatic N) is 1. The lowest BCUT2D eigenvalue weighted by atomic mass is 9.98. The summed E-state index contributed by atoms with van der Waals surface area (Å²) in [6.07, 6.45) is 1.09. The molecule has 2 atom stereocenters. The molecule has 102 valence electrons. The van der Waals surface area contributed by atoms with Gasteiger partial charge < -0.3 is 5.73 Å². The van der Waals surface area contributed by atoms with E-state index in [0.29, 0.717) is 24.5 Å². The van der Waals surface area contributed by atoms with Crippen LogP contribution in [0.15, 0.2) is 24.3 Å². The Morgan fingerprint density at radius 3 is 2.06 bits per heavy atom. The summed E-state index contributed by atoms with van der Waals surface area (Å²) >= 11 is 0. The van der Waals surface area contributed by atoms with Crippen LogP contribution in [0.3, 0.4) is 0 Å². The second kappa shape index (κ2) is 6.91. The zero-order valence-electron chi connectivity index (χ0n) is 12.5. The Balaban J connectivity index is 2.87. The lowest BCUT2D eigenvalue weighted by molar-refractivity contribution is 0.152. The molecule has 0 bridgehead atoms. The number of nitrogens with two attached hydrogens (primary N) is 1. The number of hydrogen-bond acceptors (Lipinski definition) is 2. The minimum absolute atomic E-state index is 0.313. The third-order valence-electron chi connectivity index (χ3n) is 4.09. The van der Waals surface area contributed by atoms with E-state index in [1.54, 1.807) is 0 Å². The fourth-order valence-corrected chi connectivity index (χ4v) is 2.27. The molecule has 0 aliphatic heterocycles. The number of rotatable bonds is 6. The van der Waals surface area contributed by atoms with Gasteiger partial charge >= 0.3 is 0 Å². The molecule has 0 aliphatic rings. The zero-order chi connectivity index (χ0) is 13.7. The maximum absolute atomic E-state index is 5.97. The van der Waals surface area contributed by atoms with Crippen LogP contribution in [0.25, 0.3) is 0 Å². The van der Waals surface area contributed by atoms with E-state index < -0.39 is 0 Å². The van der Waals surface area contributed by atoms with Gasteiger partial charge in [-0.05, 0) is 37.4 Å². The molecule has 18 heavy (non-hydrogen) atoms. The second-order valence-electron chi connectivity index (χ2n) is 5.50. The summed E-state index contributed by atoms with van der Waals surface area (Å²) in [5.74, 6) is 0.638. The maximum Gasteiger partial charge on any atom is 0.0470 e. The zero-order valence-corrected chi connectivity index (χ0v) is 12.5. The van der Waals surface area contributed by atoms with Gasteiger partial charge in [-0.1, -0.05) is 45.0 Å². The van der Waals surface area contributed by atoms with E-state index in [-0.39, 0.29) is 0 Å². The van der Waals surface area contributed by atoms with Crippen molar-refractivity contribution in [1.29, 1.82) is 0 Å². The molecule has 0 fully saturated rings. The van der Waals surface area contributed by atoms with E-state index in [0.717, 1.165) is 6.42 Å². The molecule has 1 rings (SSSR count). The molecule has 2 heteroatoms. The van der Waals surface area contributed by atoms with Crippen molar-refractivity contribution in [2.45, 2.75) is 46.2 Å². The molecule has 0 radical (unpaired) electrons. The molecule has 0 amide bonds. The number of likely N-dealkylation sites (N-methyl/N-ethyl adjacent to an activating group) is 1. The van der Waals surface area contributed by atoms with Gasteiger partial charge in [0, 0.05) is 18.6 Å². The van der Waals surface area contributed by atoms with E-state index in [1.165, 1.54) is 11.1 Å². The van der Waals surface area contributed by atoms with Crippen LogP contribution in [-0.4, -0.2) is 24.5 Å². The molecule has 0 aromatic heterocycles. The van der Waals surface area contributed by atoms with Gasteiger partial charge in [0.05, 0.1) is 0 Å². The quantitative estimate of drug-likeness (QED) is 0.837. The average molecular weight is 248 g/mol. The third kappa shape index (κ3) is 3.56. The van der Waals surface area contributed by atoms with Crippen LogP contribution in [0, 0.1) is 5.92 Å². The van der Waals surface area contributed by atoms with Crippen LogP contribution in [0.4, 0.5) is 0 Å². The molecule has 0 spiro atoms. The molecular formula is C16H28N2. The number of benzene rings is 1. The Morgan fingerprint density at radius 2 is 1.67 bits per heavy atom. The van der Waals surface area contributed by atoms with E-state index in [2.05, 4.69) is 63.9 Å². The Kier molecular flexibility index (Phi) is 5.83. The van der Waals surface area contributed by atoms with E-state index in [1.807, 2.05) is 0 Å². The van der Waals surface area contributed by atoms with Gasteiger partial charge in [-0.3, -0.25) is 4.90 Å². The lowest BCUT2D eigenvalue weighted by Crippen LogP contribution is -2.39. The molecule has 0 aliphatic carbocycles. The summed E-state index contributed by atoms with van der Waals surface area (Å²) in [5, 5.41) is 0. The van der Waals surface area contributed by atoms with Crippen LogP contribution in [0.2, 0.25) is 0 Å². The monoisotopic (exact) mass is 248 g/mol. The predicted molar refractivity (Wildman–Crippen MR) is 79.7 cm³/mol. The fraction of sp³-hybridized carbons (Fsp3) is 0.625. The Morgan fingerprint density at radius 1 is 1.11 bits per heavy atom. The van der Waals surface area contributed by atoms with Gasteiger partial charge in [-0.15, -0.1) is 0 Å². The first-order valence-electron chi connectivity index (χ1n) is 7.02. The lowest BCUT2D eigenvalue weighted by Gasteiger charge is -2.35. The average Bonchev–Trinajstić information content (AvgIpc) is 2.39. The van der Waals surface area contributed by atoms with Crippen molar-refractivity contribution in [1.82, 2.24) is 4.90 Å². The van der Waals surface area contributed by atoms with Gasteiger partial charge in [0.15, 0.2) is 0 Å². The van der Waals surface area contributed by atoms with E-state index >= 15 is 0 Å². The Bertz CT molecular complexity index is 343. The first-order valence-corrected chi connectivity index (χ1v) is 7.02. The highest BCUT2D eigenvalue weighted by Crippen LogP contribution is 2.23. The van der Waals surface area contributed by atoms with Crippen LogP contribution in [-0.2, 0) is 6.42 Å². The molecule has 0 saturated carbocycles. The van der Waals surface area contributed by atoms with E-state index in [9.17, 15) is 0 Å². The highest BCUT2D eigenvalue weighted by molar-refractivity contribution is 5.25. The van der Waals surface area contributed by atoms with Gasteiger partial charge in [0.2, 0.25) is 0 Å². The molecule has 1 aromatic carbocycles. The first kappa shape index (κ1) is 15.2. The third-order valence-corrected chi connectivity index (χ3v) is 4.09. The van der Waals surface area contributed by atoms with Crippen LogP contribution in [0.5, 0.6) is 0 Å². The number of hydrogen-bond donors (Lipinski definition) is 1. The van der Waals surface area contributed by atoms with Gasteiger partial charge in [-0.2, -0.15) is 0 Å². The smallest absolute Gasteiger partial charge is 0.0470 e. The largest absolute Gasteiger partial charge is 0.329 e.